The van der Waals surface area contributed by atoms with E-state index < -0.39 is 0 Å². The lowest BCUT2D eigenvalue weighted by Gasteiger charge is -2.27. The van der Waals surface area contributed by atoms with Gasteiger partial charge in [0.2, 0.25) is 0 Å². The Morgan fingerprint density at radius 2 is 1.75 bits per heavy atom. The van der Waals surface area contributed by atoms with Crippen LogP contribution < -0.4 is 11.1 Å². The molecular formula is C29H30N4O3. The molecule has 0 spiro atoms. The Morgan fingerprint density at radius 3 is 2.50 bits per heavy atom. The van der Waals surface area contributed by atoms with Gasteiger partial charge in [-0.25, -0.2) is 0 Å². The van der Waals surface area contributed by atoms with Crippen molar-refractivity contribution in [2.45, 2.75) is 38.3 Å². The molecule has 0 atom stereocenters. The van der Waals surface area contributed by atoms with Crippen molar-refractivity contribution in [2.24, 2.45) is 11.7 Å². The van der Waals surface area contributed by atoms with Gasteiger partial charge >= 0.3 is 5.97 Å². The molecule has 0 unspecified atom stereocenters. The van der Waals surface area contributed by atoms with Gasteiger partial charge in [-0.1, -0.05) is 54.6 Å². The number of methoxy groups -OCH3 is 1. The number of nitrogens with one attached hydrogen (secondary N) is 2. The summed E-state index contributed by atoms with van der Waals surface area (Å²) in [5.74, 6) is -0.414. The summed E-state index contributed by atoms with van der Waals surface area (Å²) < 4.78 is 6.90. The maximum atomic E-state index is 13.6. The first-order chi connectivity index (χ1) is 17.4. The second-order valence-corrected chi connectivity index (χ2v) is 9.49. The number of amides is 1. The van der Waals surface area contributed by atoms with E-state index in [4.69, 9.17) is 15.9 Å². The van der Waals surface area contributed by atoms with Crippen LogP contribution in [0.1, 0.15) is 47.3 Å². The highest BCUT2D eigenvalue weighted by molar-refractivity contribution is 6.02. The number of amidine groups is 1. The number of rotatable bonds is 6. The number of carbonyl (C=O) groups is 2. The Labute approximate surface area is 209 Å². The lowest BCUT2D eigenvalue weighted by molar-refractivity contribution is -0.146. The number of aromatic nitrogens is 1. The zero-order valence-electron chi connectivity index (χ0n) is 20.3. The smallest absolute Gasteiger partial charge is 0.308 e. The van der Waals surface area contributed by atoms with E-state index in [0.717, 1.165) is 40.1 Å². The maximum absolute atomic E-state index is 13.6. The first kappa shape index (κ1) is 23.6. The van der Waals surface area contributed by atoms with Gasteiger partial charge in [0.05, 0.1) is 13.0 Å². The molecule has 0 radical (unpaired) electrons. The second-order valence-electron chi connectivity index (χ2n) is 9.49. The number of ether oxygens (including phenoxy) is 1. The van der Waals surface area contributed by atoms with Crippen molar-refractivity contribution in [3.8, 4) is 0 Å². The van der Waals surface area contributed by atoms with Gasteiger partial charge in [0.1, 0.15) is 11.5 Å². The summed E-state index contributed by atoms with van der Waals surface area (Å²) in [6, 6.07) is 21.9. The van der Waals surface area contributed by atoms with Crippen LogP contribution in [0.15, 0.2) is 66.7 Å². The van der Waals surface area contributed by atoms with E-state index in [2.05, 4.69) is 29.6 Å². The van der Waals surface area contributed by atoms with Gasteiger partial charge in [-0.05, 0) is 54.2 Å². The van der Waals surface area contributed by atoms with Crippen molar-refractivity contribution in [3.05, 3.63) is 83.6 Å². The number of nitrogens with two attached hydrogens (primary N) is 1. The molecule has 1 aliphatic rings. The summed E-state index contributed by atoms with van der Waals surface area (Å²) >= 11 is 0. The van der Waals surface area contributed by atoms with Gasteiger partial charge in [-0.2, -0.15) is 0 Å². The number of esters is 1. The Hall–Kier alpha value is -4.13. The molecule has 0 saturated heterocycles. The Morgan fingerprint density at radius 1 is 1.00 bits per heavy atom. The van der Waals surface area contributed by atoms with E-state index in [-0.39, 0.29) is 29.7 Å². The Kier molecular flexibility index (Phi) is 6.46. The first-order valence-corrected chi connectivity index (χ1v) is 12.3. The molecule has 0 bridgehead atoms. The third-order valence-corrected chi connectivity index (χ3v) is 7.25. The molecule has 1 amide bonds. The van der Waals surface area contributed by atoms with Crippen molar-refractivity contribution in [1.82, 2.24) is 9.88 Å². The van der Waals surface area contributed by atoms with Crippen molar-refractivity contribution in [2.75, 3.05) is 7.11 Å². The molecule has 1 saturated carbocycles. The number of benzene rings is 3. The van der Waals surface area contributed by atoms with E-state index >= 15 is 0 Å². The molecule has 1 aromatic heterocycles. The lowest BCUT2D eigenvalue weighted by Crippen LogP contribution is -2.39. The van der Waals surface area contributed by atoms with E-state index in [9.17, 15) is 9.59 Å². The molecule has 1 heterocycles. The van der Waals surface area contributed by atoms with Crippen LogP contribution in [0, 0.1) is 11.3 Å². The van der Waals surface area contributed by atoms with Crippen LogP contribution in [0.2, 0.25) is 0 Å². The van der Waals surface area contributed by atoms with Crippen molar-refractivity contribution in [3.63, 3.8) is 0 Å². The molecule has 184 valence electrons. The van der Waals surface area contributed by atoms with Crippen molar-refractivity contribution < 1.29 is 14.3 Å². The zero-order chi connectivity index (χ0) is 25.2. The van der Waals surface area contributed by atoms with Crippen molar-refractivity contribution >= 4 is 39.4 Å². The van der Waals surface area contributed by atoms with E-state index in [1.165, 1.54) is 7.11 Å². The predicted octanol–water partition coefficient (Wildman–Crippen LogP) is 4.59. The summed E-state index contributed by atoms with van der Waals surface area (Å²) in [4.78, 5) is 25.4. The largest absolute Gasteiger partial charge is 0.469 e. The highest BCUT2D eigenvalue weighted by Crippen LogP contribution is 2.28. The number of carbonyl (C=O) groups excluding carboxylic acids is 2. The Balaban J connectivity index is 1.49. The fraction of sp³-hybridized carbons (Fsp3) is 0.276. The summed E-state index contributed by atoms with van der Waals surface area (Å²) in [7, 11) is 1.42. The van der Waals surface area contributed by atoms with Crippen LogP contribution in [-0.4, -0.2) is 35.4 Å². The van der Waals surface area contributed by atoms with E-state index in [0.29, 0.717) is 30.6 Å². The standard InChI is InChI=1S/C29H30N4O3/c1-36-29(35)19-11-13-23(14-12-19)32-28(34)26-15-20-9-10-21(27(30)31)16-25(20)33(26)17-22-7-4-6-18-5-2-3-8-24(18)22/h2-10,15-16,19,23H,11-14,17H2,1H3,(H3,30,31)(H,32,34)/t19-,23-. The number of nitrogen functional groups attached to an aromatic ring is 1. The predicted molar refractivity (Wildman–Crippen MR) is 141 cm³/mol. The fourth-order valence-electron chi connectivity index (χ4n) is 5.28. The third-order valence-electron chi connectivity index (χ3n) is 7.25. The van der Waals surface area contributed by atoms with Crippen LogP contribution in [-0.2, 0) is 16.1 Å². The third kappa shape index (κ3) is 4.56. The van der Waals surface area contributed by atoms with Gasteiger partial charge in [0.15, 0.2) is 0 Å². The maximum Gasteiger partial charge on any atom is 0.308 e. The van der Waals surface area contributed by atoms with Gasteiger partial charge in [-0.15, -0.1) is 0 Å². The average molecular weight is 483 g/mol. The van der Waals surface area contributed by atoms with Crippen LogP contribution in [0.4, 0.5) is 0 Å². The molecule has 7 nitrogen and oxygen atoms in total. The monoisotopic (exact) mass is 482 g/mol. The number of hydrogen-bond donors (Lipinski definition) is 3. The van der Waals surface area contributed by atoms with Gasteiger partial charge < -0.3 is 20.4 Å². The normalized spacial score (nSPS) is 17.7. The van der Waals surface area contributed by atoms with Crippen LogP contribution in [0.25, 0.3) is 21.7 Å². The minimum Gasteiger partial charge on any atom is -0.469 e. The highest BCUT2D eigenvalue weighted by Gasteiger charge is 2.28. The van der Waals surface area contributed by atoms with E-state index in [1.807, 2.05) is 47.0 Å². The molecule has 5 rings (SSSR count). The average Bonchev–Trinajstić information content (AvgIpc) is 3.26. The van der Waals surface area contributed by atoms with Gasteiger partial charge in [-0.3, -0.25) is 15.0 Å². The number of hydrogen-bond acceptors (Lipinski definition) is 4. The summed E-state index contributed by atoms with van der Waals surface area (Å²) in [5, 5.41) is 14.3. The first-order valence-electron chi connectivity index (χ1n) is 12.3. The quantitative estimate of drug-likeness (QED) is 0.212. The Bertz CT molecular complexity index is 1460. The molecular weight excluding hydrogens is 452 g/mol. The van der Waals surface area contributed by atoms with Crippen LogP contribution in [0.3, 0.4) is 0 Å². The van der Waals surface area contributed by atoms with Crippen LogP contribution >= 0.6 is 0 Å². The summed E-state index contributed by atoms with van der Waals surface area (Å²) in [6.45, 7) is 0.504. The topological polar surface area (TPSA) is 110 Å². The summed E-state index contributed by atoms with van der Waals surface area (Å²) in [6.07, 6.45) is 2.89. The van der Waals surface area contributed by atoms with Crippen molar-refractivity contribution in [1.29, 1.82) is 5.41 Å². The summed E-state index contributed by atoms with van der Waals surface area (Å²) in [5.41, 5.74) is 8.92. The minimum absolute atomic E-state index is 0.00945. The molecule has 0 aliphatic heterocycles. The highest BCUT2D eigenvalue weighted by atomic mass is 16.5. The van der Waals surface area contributed by atoms with Gasteiger partial charge in [0, 0.05) is 29.1 Å². The number of fused-ring (bicyclic) bond motifs is 2. The zero-order valence-corrected chi connectivity index (χ0v) is 20.3. The molecule has 4 N–H and O–H groups in total. The van der Waals surface area contributed by atoms with E-state index in [1.54, 1.807) is 0 Å². The molecule has 36 heavy (non-hydrogen) atoms. The molecule has 4 aromatic rings. The molecule has 1 aliphatic carbocycles. The molecule has 3 aromatic carbocycles. The second kappa shape index (κ2) is 9.85. The fourth-order valence-corrected chi connectivity index (χ4v) is 5.28. The molecule has 1 fully saturated rings. The minimum atomic E-state index is -0.170. The SMILES string of the molecule is COC(=O)[C@H]1CC[C@H](NC(=O)c2cc3ccc(C(=N)N)cc3n2Cc2cccc3ccccc23)CC1. The van der Waals surface area contributed by atoms with Gasteiger partial charge in [0.25, 0.3) is 5.91 Å². The van der Waals surface area contributed by atoms with Crippen LogP contribution in [0.5, 0.6) is 0 Å². The lowest BCUT2D eigenvalue weighted by atomic mass is 9.86. The molecule has 7 heteroatoms. The number of nitrogens with zero attached hydrogens (tertiary/aromatic N) is 1.